The zero-order valence-electron chi connectivity index (χ0n) is 64.2. The van der Waals surface area contributed by atoms with E-state index in [-0.39, 0.29) is 62.9 Å². The van der Waals surface area contributed by atoms with Gasteiger partial charge in [-0.1, -0.05) is 173 Å². The van der Waals surface area contributed by atoms with Crippen molar-refractivity contribution in [3.63, 3.8) is 0 Å². The second-order valence-electron chi connectivity index (χ2n) is 33.3. The molecular weight excluding hydrogens is 1170 g/mol. The summed E-state index contributed by atoms with van der Waals surface area (Å²) in [4.78, 5) is 61.7. The number of hydrogen-bond donors (Lipinski definition) is 0. The van der Waals surface area contributed by atoms with Crippen molar-refractivity contribution in [1.29, 1.82) is 0 Å². The zero-order chi connectivity index (χ0) is 70.9. The van der Waals surface area contributed by atoms with Gasteiger partial charge in [-0.15, -0.1) is 0 Å². The molecule has 5 saturated carbocycles. The lowest BCUT2D eigenvalue weighted by Crippen LogP contribution is -2.43. The van der Waals surface area contributed by atoms with Crippen molar-refractivity contribution in [2.45, 2.75) is 372 Å². The number of hydrogen-bond acceptors (Lipinski definition) is 10. The van der Waals surface area contributed by atoms with Crippen LogP contribution in [-0.2, 0) is 58.9 Å². The molecule has 0 radical (unpaired) electrons. The maximum absolute atomic E-state index is 12.7. The fourth-order valence-corrected chi connectivity index (χ4v) is 13.2. The Labute approximate surface area is 575 Å². The Balaban J connectivity index is 0.000000308. The molecule has 7 rings (SSSR count). The van der Waals surface area contributed by atoms with Crippen molar-refractivity contribution in [3.05, 3.63) is 77.9 Å². The van der Waals surface area contributed by atoms with E-state index in [1.807, 2.05) is 121 Å². The van der Waals surface area contributed by atoms with E-state index >= 15 is 0 Å². The summed E-state index contributed by atoms with van der Waals surface area (Å²) in [5, 5.41) is 0. The molecule has 0 aromatic heterocycles. The van der Waals surface area contributed by atoms with Crippen molar-refractivity contribution in [1.82, 2.24) is 0 Å². The molecule has 10 nitrogen and oxygen atoms in total. The molecule has 10 heteroatoms. The van der Waals surface area contributed by atoms with Gasteiger partial charge < -0.3 is 23.7 Å². The lowest BCUT2D eigenvalue weighted by molar-refractivity contribution is -0.177. The van der Waals surface area contributed by atoms with Gasteiger partial charge in [0.1, 0.15) is 28.0 Å². The van der Waals surface area contributed by atoms with Crippen LogP contribution in [0.25, 0.3) is 6.08 Å². The summed E-state index contributed by atoms with van der Waals surface area (Å²) in [7, 11) is 0. The highest BCUT2D eigenvalue weighted by molar-refractivity contribution is 5.78. The number of carbonyl (C=O) groups excluding carboxylic acids is 5. The van der Waals surface area contributed by atoms with Gasteiger partial charge in [0.15, 0.2) is 0 Å². The molecule has 5 aliphatic carbocycles. The lowest BCUT2D eigenvalue weighted by Gasteiger charge is -2.40. The Kier molecular flexibility index (Phi) is 33.4. The summed E-state index contributed by atoms with van der Waals surface area (Å²) >= 11 is 0. The van der Waals surface area contributed by atoms with Crippen molar-refractivity contribution in [2.24, 2.45) is 44.8 Å². The Morgan fingerprint density at radius 1 is 0.372 bits per heavy atom. The summed E-state index contributed by atoms with van der Waals surface area (Å²) in [6.45, 7) is 46.3. The molecule has 5 aliphatic rings. The molecular formula is C84H140O10. The second-order valence-corrected chi connectivity index (χ2v) is 33.3. The highest BCUT2D eigenvalue weighted by atomic mass is 16.6. The van der Waals surface area contributed by atoms with E-state index in [0.29, 0.717) is 17.8 Å². The van der Waals surface area contributed by atoms with Gasteiger partial charge >= 0.3 is 29.8 Å². The molecule has 0 bridgehead atoms. The molecule has 94 heavy (non-hydrogen) atoms. The first-order chi connectivity index (χ1) is 43.9. The van der Waals surface area contributed by atoms with Gasteiger partial charge in [0.2, 0.25) is 0 Å². The summed E-state index contributed by atoms with van der Waals surface area (Å²) in [6, 6.07) is 18.6. The summed E-state index contributed by atoms with van der Waals surface area (Å²) in [6.07, 6.45) is 36.4. The predicted molar refractivity (Wildman–Crippen MR) is 390 cm³/mol. The van der Waals surface area contributed by atoms with Crippen LogP contribution in [0.1, 0.15) is 361 Å². The minimum atomic E-state index is -0.442. The highest BCUT2D eigenvalue weighted by Gasteiger charge is 2.45. The third-order valence-corrected chi connectivity index (χ3v) is 23.4. The van der Waals surface area contributed by atoms with Crippen LogP contribution in [0.5, 0.6) is 0 Å². The molecule has 0 saturated heterocycles. The summed E-state index contributed by atoms with van der Waals surface area (Å²) < 4.78 is 29.8. The molecule has 0 aliphatic heterocycles. The first kappa shape index (κ1) is 83.8. The normalized spacial score (nSPS) is 19.1. The first-order valence-electron chi connectivity index (χ1n) is 37.8. The van der Waals surface area contributed by atoms with E-state index in [0.717, 1.165) is 107 Å². The standard InChI is InChI=1S/C20H30O2.C19H26O2.C16H30O2.C15H28O2.C14H26O2/c1-4-19(2,3)18(21)22-20(17-13-9-8-10-14-17)15-11-6-5-7-12-16-20;1-5-15-10-9-11-16(14-15)19(12-7-8-13-19)21-17(20)18(3,4)6-2;1-6-15(3,4)14(17)18-16(5,7-2)13-11-9-8-10-12-13;1-6-14(2,3)13(16)17-15(4,5)12-10-8-7-9-11-12;1-6-13(2,3)12(15)16-14(4,5)11-9-7-8-10-11/h8-10,13-14H,4-7,11-12,15-16H2,1-3H3;5,9-11,14H,1,6-8,12-13H2,2-4H3;13H,6-12H2,1-5H3;12H,6-11H2,1-5H3;11H,6-10H2,1-5H3. The Morgan fingerprint density at radius 3 is 1.03 bits per heavy atom. The molecule has 0 amide bonds. The van der Waals surface area contributed by atoms with Gasteiger partial charge in [-0.3, -0.25) is 24.0 Å². The second kappa shape index (κ2) is 37.5. The number of esters is 5. The van der Waals surface area contributed by atoms with Crippen LogP contribution >= 0.6 is 0 Å². The van der Waals surface area contributed by atoms with Crippen LogP contribution in [-0.4, -0.2) is 46.6 Å². The lowest BCUT2D eigenvalue weighted by atomic mass is 9.76. The van der Waals surface area contributed by atoms with Crippen LogP contribution in [0.15, 0.2) is 61.2 Å². The van der Waals surface area contributed by atoms with Gasteiger partial charge in [0.05, 0.1) is 27.1 Å². The van der Waals surface area contributed by atoms with Gasteiger partial charge in [-0.25, -0.2) is 0 Å². The Morgan fingerprint density at radius 2 is 0.670 bits per heavy atom. The number of ether oxygens (including phenoxy) is 5. The fraction of sp³-hybridized carbons (Fsp3) is 0.774. The maximum atomic E-state index is 12.7. The van der Waals surface area contributed by atoms with Crippen LogP contribution in [0, 0.1) is 44.8 Å². The Bertz CT molecular complexity index is 2590. The fourth-order valence-electron chi connectivity index (χ4n) is 13.2. The predicted octanol–water partition coefficient (Wildman–Crippen LogP) is 23.7. The van der Waals surface area contributed by atoms with Crippen molar-refractivity contribution in [2.75, 3.05) is 0 Å². The van der Waals surface area contributed by atoms with Crippen LogP contribution in [0.2, 0.25) is 0 Å². The van der Waals surface area contributed by atoms with Crippen molar-refractivity contribution in [3.8, 4) is 0 Å². The smallest absolute Gasteiger partial charge is 0.312 e. The minimum Gasteiger partial charge on any atom is -0.459 e. The van der Waals surface area contributed by atoms with E-state index in [1.54, 1.807) is 0 Å². The maximum Gasteiger partial charge on any atom is 0.312 e. The van der Waals surface area contributed by atoms with Crippen LogP contribution < -0.4 is 0 Å². The number of carbonyl (C=O) groups is 5. The van der Waals surface area contributed by atoms with Gasteiger partial charge in [-0.2, -0.15) is 0 Å². The third kappa shape index (κ3) is 24.8. The molecule has 1 atom stereocenters. The van der Waals surface area contributed by atoms with Gasteiger partial charge in [0, 0.05) is 0 Å². The van der Waals surface area contributed by atoms with E-state index < -0.39 is 22.0 Å². The average Bonchev–Trinajstić information content (AvgIpc) is 1.50. The third-order valence-electron chi connectivity index (χ3n) is 23.4. The topological polar surface area (TPSA) is 132 Å². The van der Waals surface area contributed by atoms with E-state index in [9.17, 15) is 24.0 Å². The summed E-state index contributed by atoms with van der Waals surface area (Å²) in [5.41, 5.74) is -0.274. The Hall–Kier alpha value is -4.47. The molecule has 5 fully saturated rings. The molecule has 536 valence electrons. The molecule has 0 spiro atoms. The van der Waals surface area contributed by atoms with Gasteiger partial charge in [0.25, 0.3) is 0 Å². The molecule has 1 unspecified atom stereocenters. The van der Waals surface area contributed by atoms with Crippen molar-refractivity contribution >= 4 is 35.9 Å². The van der Waals surface area contributed by atoms with E-state index in [1.165, 1.54) is 109 Å². The quantitative estimate of drug-likeness (QED) is 0.0829. The molecule has 0 N–H and O–H groups in total. The average molecular weight is 1310 g/mol. The van der Waals surface area contributed by atoms with E-state index in [4.69, 9.17) is 23.7 Å². The summed E-state index contributed by atoms with van der Waals surface area (Å²) in [5.74, 6) is 1.36. The van der Waals surface area contributed by atoms with E-state index in [2.05, 4.69) is 91.4 Å². The minimum absolute atomic E-state index is 0.0278. The van der Waals surface area contributed by atoms with Crippen molar-refractivity contribution < 1.29 is 47.7 Å². The SMILES string of the molecule is C=Cc1cccc(C2(OC(=O)C(C)(C)CC)CCCC2)c1.CCC(C)(C)C(=O)OC(C)(C)C1CCCC1.CCC(C)(C)C(=O)OC(C)(C)C1CCCCC1.CCC(C)(C)C(=O)OC(C)(CC)C1CCCCC1.CCC(C)(C)C(=O)OC1(c2ccccc2)CCCCCCC1. The van der Waals surface area contributed by atoms with Crippen LogP contribution in [0.4, 0.5) is 0 Å². The molecule has 2 aromatic rings. The highest BCUT2D eigenvalue weighted by Crippen LogP contribution is 2.46. The number of benzene rings is 2. The molecule has 2 aromatic carbocycles. The monoisotopic (exact) mass is 1310 g/mol. The van der Waals surface area contributed by atoms with Crippen LogP contribution in [0.3, 0.4) is 0 Å². The zero-order valence-corrected chi connectivity index (χ0v) is 64.2. The largest absolute Gasteiger partial charge is 0.459 e. The first-order valence-corrected chi connectivity index (χ1v) is 37.8. The number of rotatable bonds is 22. The van der Waals surface area contributed by atoms with Gasteiger partial charge in [-0.05, 0) is 273 Å². The molecule has 0 heterocycles.